The predicted octanol–water partition coefficient (Wildman–Crippen LogP) is 2.84. The van der Waals surface area contributed by atoms with Crippen LogP contribution in [0.15, 0.2) is 53.4 Å². The van der Waals surface area contributed by atoms with Gasteiger partial charge in [0.25, 0.3) is 0 Å². The maximum atomic E-state index is 13.3. The van der Waals surface area contributed by atoms with Gasteiger partial charge in [0.15, 0.2) is 0 Å². The number of morpholine rings is 1. The van der Waals surface area contributed by atoms with Crippen LogP contribution in [0, 0.1) is 0 Å². The second kappa shape index (κ2) is 6.45. The van der Waals surface area contributed by atoms with Gasteiger partial charge < -0.3 is 4.74 Å². The molecule has 1 fully saturated rings. The molecule has 1 aliphatic heterocycles. The number of rotatable bonds is 3. The average molecular weight is 375 g/mol. The Labute approximate surface area is 150 Å². The van der Waals surface area contributed by atoms with Gasteiger partial charge in [0.05, 0.1) is 24.4 Å². The summed E-state index contributed by atoms with van der Waals surface area (Å²) in [7, 11) is -3.69. The molecule has 3 aromatic rings. The minimum Gasteiger partial charge on any atom is -0.370 e. The first-order chi connectivity index (χ1) is 12.1. The maximum absolute atomic E-state index is 13.3. The zero-order chi connectivity index (χ0) is 17.4. The highest BCUT2D eigenvalue weighted by atomic mass is 32.2. The highest BCUT2D eigenvalue weighted by Crippen LogP contribution is 2.31. The van der Waals surface area contributed by atoms with E-state index in [0.29, 0.717) is 17.6 Å². The Morgan fingerprint density at radius 3 is 2.72 bits per heavy atom. The summed E-state index contributed by atoms with van der Waals surface area (Å²) in [5.74, 6) is 0. The smallest absolute Gasteiger partial charge is 0.245 e. The number of ether oxygens (including phenoxy) is 1. The van der Waals surface area contributed by atoms with Crippen LogP contribution < -0.4 is 0 Å². The predicted molar refractivity (Wildman–Crippen MR) is 95.9 cm³/mol. The summed E-state index contributed by atoms with van der Waals surface area (Å²) in [4.78, 5) is 0.208. The number of hydrogen-bond acceptors (Lipinski definition) is 6. The number of fused-ring (bicyclic) bond motifs is 1. The van der Waals surface area contributed by atoms with Gasteiger partial charge in [-0.1, -0.05) is 36.4 Å². The molecule has 25 heavy (non-hydrogen) atoms. The van der Waals surface area contributed by atoms with Gasteiger partial charge in [0, 0.05) is 12.6 Å². The molecule has 0 amide bonds. The van der Waals surface area contributed by atoms with Crippen LogP contribution >= 0.6 is 11.7 Å². The van der Waals surface area contributed by atoms with Crippen molar-refractivity contribution < 1.29 is 13.2 Å². The maximum Gasteiger partial charge on any atom is 0.245 e. The molecular formula is C17H17N3O3S2. The molecule has 2 heterocycles. The van der Waals surface area contributed by atoms with Gasteiger partial charge in [-0.2, -0.15) is 13.1 Å². The Bertz CT molecular complexity index is 989. The lowest BCUT2D eigenvalue weighted by atomic mass is 10.1. The molecule has 0 aliphatic carbocycles. The monoisotopic (exact) mass is 375 g/mol. The normalized spacial score (nSPS) is 22.3. The Hall–Kier alpha value is -1.87. The van der Waals surface area contributed by atoms with Crippen LogP contribution in [0.1, 0.15) is 18.6 Å². The lowest BCUT2D eigenvalue weighted by molar-refractivity contribution is -0.0288. The fourth-order valence-electron chi connectivity index (χ4n) is 3.05. The molecule has 0 bridgehead atoms. The summed E-state index contributed by atoms with van der Waals surface area (Å²) in [5.41, 5.74) is 2.01. The van der Waals surface area contributed by atoms with Gasteiger partial charge in [-0.3, -0.25) is 0 Å². The third-order valence-electron chi connectivity index (χ3n) is 4.38. The van der Waals surface area contributed by atoms with Crippen LogP contribution in [-0.4, -0.2) is 40.7 Å². The van der Waals surface area contributed by atoms with Gasteiger partial charge in [0.1, 0.15) is 15.9 Å². The fraction of sp³-hybridized carbons (Fsp3) is 0.294. The van der Waals surface area contributed by atoms with E-state index >= 15 is 0 Å². The molecule has 8 heteroatoms. The van der Waals surface area contributed by atoms with Crippen LogP contribution in [0.5, 0.6) is 0 Å². The Balaban J connectivity index is 1.72. The van der Waals surface area contributed by atoms with Gasteiger partial charge in [0.2, 0.25) is 10.0 Å². The van der Waals surface area contributed by atoms with Crippen molar-refractivity contribution in [3.8, 4) is 0 Å². The Morgan fingerprint density at radius 2 is 1.92 bits per heavy atom. The number of hydrogen-bond donors (Lipinski definition) is 0. The second-order valence-corrected chi connectivity index (χ2v) is 8.43. The van der Waals surface area contributed by atoms with Crippen molar-refractivity contribution in [1.82, 2.24) is 13.1 Å². The molecule has 0 saturated carbocycles. The molecule has 1 aliphatic rings. The number of nitrogens with zero attached hydrogens (tertiary/aromatic N) is 3. The summed E-state index contributed by atoms with van der Waals surface area (Å²) in [6, 6.07) is 14.5. The third kappa shape index (κ3) is 2.95. The molecule has 6 nitrogen and oxygen atoms in total. The highest BCUT2D eigenvalue weighted by molar-refractivity contribution is 7.89. The second-order valence-electron chi connectivity index (χ2n) is 6.04. The molecule has 1 saturated heterocycles. The van der Waals surface area contributed by atoms with E-state index in [2.05, 4.69) is 8.75 Å². The van der Waals surface area contributed by atoms with Crippen LogP contribution in [0.4, 0.5) is 0 Å². The lowest BCUT2D eigenvalue weighted by Gasteiger charge is -2.37. The van der Waals surface area contributed by atoms with Gasteiger partial charge in [-0.05, 0) is 24.6 Å². The number of aromatic nitrogens is 2. The molecular weight excluding hydrogens is 358 g/mol. The zero-order valence-corrected chi connectivity index (χ0v) is 15.2. The summed E-state index contributed by atoms with van der Waals surface area (Å²) in [6.45, 7) is 2.49. The topological polar surface area (TPSA) is 72.4 Å². The van der Waals surface area contributed by atoms with Crippen molar-refractivity contribution in [3.05, 3.63) is 54.1 Å². The van der Waals surface area contributed by atoms with E-state index in [4.69, 9.17) is 4.74 Å². The van der Waals surface area contributed by atoms with Crippen molar-refractivity contribution in [2.45, 2.75) is 24.0 Å². The van der Waals surface area contributed by atoms with E-state index in [1.54, 1.807) is 18.2 Å². The third-order valence-corrected chi connectivity index (χ3v) is 6.94. The molecule has 0 N–H and O–H groups in total. The van der Waals surface area contributed by atoms with E-state index in [1.807, 2.05) is 37.3 Å². The summed E-state index contributed by atoms with van der Waals surface area (Å²) in [5, 5.41) is 0. The lowest BCUT2D eigenvalue weighted by Crippen LogP contribution is -2.48. The standard InChI is InChI=1S/C17H17N3O3S2/c1-12-11-23-15(13-6-3-2-4-7-13)10-20(12)25(21,22)16-9-5-8-14-17(16)19-24-18-14/h2-9,12,15H,10-11H2,1H3/t12-,15-/m0/s1. The molecule has 0 spiro atoms. The van der Waals surface area contributed by atoms with Gasteiger partial charge in [-0.25, -0.2) is 8.42 Å². The Kier molecular flexibility index (Phi) is 4.28. The number of sulfonamides is 1. The summed E-state index contributed by atoms with van der Waals surface area (Å²) < 4.78 is 42.3. The van der Waals surface area contributed by atoms with E-state index < -0.39 is 10.0 Å². The molecule has 2 aromatic carbocycles. The van der Waals surface area contributed by atoms with Crippen molar-refractivity contribution >= 4 is 32.8 Å². The molecule has 0 radical (unpaired) electrons. The van der Waals surface area contributed by atoms with Crippen molar-refractivity contribution in [3.63, 3.8) is 0 Å². The SMILES string of the molecule is C[C@H]1CO[C@H](c2ccccc2)CN1S(=O)(=O)c1cccc2nsnc12. The highest BCUT2D eigenvalue weighted by Gasteiger charge is 2.37. The van der Waals surface area contributed by atoms with Crippen LogP contribution in [0.2, 0.25) is 0 Å². The van der Waals surface area contributed by atoms with Gasteiger partial charge >= 0.3 is 0 Å². The molecule has 4 rings (SSSR count). The van der Waals surface area contributed by atoms with E-state index in [1.165, 1.54) is 4.31 Å². The summed E-state index contributed by atoms with van der Waals surface area (Å²) in [6.07, 6.45) is -0.278. The van der Waals surface area contributed by atoms with Crippen LogP contribution in [0.3, 0.4) is 0 Å². The first-order valence-corrected chi connectivity index (χ1v) is 10.1. The van der Waals surface area contributed by atoms with Crippen LogP contribution in [0.25, 0.3) is 11.0 Å². The van der Waals surface area contributed by atoms with Crippen molar-refractivity contribution in [2.75, 3.05) is 13.2 Å². The largest absolute Gasteiger partial charge is 0.370 e. The zero-order valence-electron chi connectivity index (χ0n) is 13.6. The first kappa shape index (κ1) is 16.6. The molecule has 0 unspecified atom stereocenters. The minimum atomic E-state index is -3.69. The molecule has 130 valence electrons. The van der Waals surface area contributed by atoms with Crippen molar-refractivity contribution in [2.24, 2.45) is 0 Å². The van der Waals surface area contributed by atoms with Gasteiger partial charge in [-0.15, -0.1) is 0 Å². The molecule has 2 atom stereocenters. The Morgan fingerprint density at radius 1 is 1.12 bits per heavy atom. The molecule has 1 aromatic heterocycles. The summed E-state index contributed by atoms with van der Waals surface area (Å²) >= 11 is 1.02. The van der Waals surface area contributed by atoms with Crippen molar-refractivity contribution in [1.29, 1.82) is 0 Å². The van der Waals surface area contributed by atoms with E-state index in [-0.39, 0.29) is 23.6 Å². The van der Waals surface area contributed by atoms with E-state index in [9.17, 15) is 8.42 Å². The fourth-order valence-corrected chi connectivity index (χ4v) is 5.43. The van der Waals surface area contributed by atoms with Crippen LogP contribution in [-0.2, 0) is 14.8 Å². The first-order valence-electron chi connectivity index (χ1n) is 7.97. The van der Waals surface area contributed by atoms with E-state index in [0.717, 1.165) is 17.3 Å². The average Bonchev–Trinajstić information content (AvgIpc) is 3.11. The number of benzene rings is 2. The quantitative estimate of drug-likeness (QED) is 0.704. The minimum absolute atomic E-state index is 0.208.